The topological polar surface area (TPSA) is 96.2 Å². The van der Waals surface area contributed by atoms with Gasteiger partial charge in [-0.3, -0.25) is 9.59 Å². The number of nitrogens with zero attached hydrogens (tertiary/aromatic N) is 1. The molecule has 0 amide bonds. The second kappa shape index (κ2) is 4.90. The SMILES string of the molecule is Cc1nc(-c2cc3ccccc3o2)[nH]c(=O)c1CC(=O)O. The van der Waals surface area contributed by atoms with Gasteiger partial charge in [-0.05, 0) is 19.1 Å². The number of carboxylic acid groups (broad SMARTS) is 1. The van der Waals surface area contributed by atoms with E-state index in [-0.39, 0.29) is 12.0 Å². The van der Waals surface area contributed by atoms with Crippen molar-refractivity contribution in [3.05, 3.63) is 51.9 Å². The van der Waals surface area contributed by atoms with Crippen LogP contribution in [0.5, 0.6) is 0 Å². The van der Waals surface area contributed by atoms with Gasteiger partial charge in [0.05, 0.1) is 6.42 Å². The van der Waals surface area contributed by atoms with Crippen molar-refractivity contribution in [3.63, 3.8) is 0 Å². The molecule has 0 saturated heterocycles. The Kier molecular flexibility index (Phi) is 3.06. The number of aryl methyl sites for hydroxylation is 1. The molecule has 0 aliphatic rings. The van der Waals surface area contributed by atoms with Crippen molar-refractivity contribution in [1.29, 1.82) is 0 Å². The Morgan fingerprint density at radius 2 is 2.14 bits per heavy atom. The van der Waals surface area contributed by atoms with E-state index in [2.05, 4.69) is 9.97 Å². The average Bonchev–Trinajstić information content (AvgIpc) is 2.86. The summed E-state index contributed by atoms with van der Waals surface area (Å²) in [7, 11) is 0. The molecule has 3 aromatic rings. The summed E-state index contributed by atoms with van der Waals surface area (Å²) in [6.07, 6.45) is -0.353. The predicted molar refractivity (Wildman–Crippen MR) is 76.1 cm³/mol. The smallest absolute Gasteiger partial charge is 0.308 e. The number of benzene rings is 1. The zero-order chi connectivity index (χ0) is 15.0. The molecule has 2 heterocycles. The molecule has 1 aromatic carbocycles. The molecule has 3 rings (SSSR count). The Morgan fingerprint density at radius 3 is 2.81 bits per heavy atom. The number of carboxylic acids is 1. The molecule has 0 saturated carbocycles. The van der Waals surface area contributed by atoms with Crippen LogP contribution >= 0.6 is 0 Å². The fourth-order valence-corrected chi connectivity index (χ4v) is 2.19. The lowest BCUT2D eigenvalue weighted by Crippen LogP contribution is -2.20. The number of fused-ring (bicyclic) bond motifs is 1. The molecule has 0 spiro atoms. The summed E-state index contributed by atoms with van der Waals surface area (Å²) in [5, 5.41) is 9.70. The molecule has 0 unspecified atom stereocenters. The third-order valence-corrected chi connectivity index (χ3v) is 3.21. The third-order valence-electron chi connectivity index (χ3n) is 3.21. The van der Waals surface area contributed by atoms with E-state index in [4.69, 9.17) is 9.52 Å². The van der Waals surface area contributed by atoms with Gasteiger partial charge in [-0.2, -0.15) is 0 Å². The number of nitrogens with one attached hydrogen (secondary N) is 1. The minimum atomic E-state index is -1.07. The number of aliphatic carboxylic acids is 1. The van der Waals surface area contributed by atoms with Crippen LogP contribution in [0.2, 0.25) is 0 Å². The first-order chi connectivity index (χ1) is 10.0. The molecule has 0 fully saturated rings. The predicted octanol–water partition coefficient (Wildman–Crippen LogP) is 2.12. The van der Waals surface area contributed by atoms with E-state index in [9.17, 15) is 9.59 Å². The van der Waals surface area contributed by atoms with E-state index < -0.39 is 11.5 Å². The molecule has 0 aliphatic carbocycles. The number of H-pyrrole nitrogens is 1. The van der Waals surface area contributed by atoms with Crippen LogP contribution in [0.3, 0.4) is 0 Å². The Balaban J connectivity index is 2.11. The maximum Gasteiger partial charge on any atom is 0.308 e. The fourth-order valence-electron chi connectivity index (χ4n) is 2.19. The number of para-hydroxylation sites is 1. The number of aromatic nitrogens is 2. The van der Waals surface area contributed by atoms with Gasteiger partial charge in [0.2, 0.25) is 0 Å². The van der Waals surface area contributed by atoms with Gasteiger partial charge in [-0.15, -0.1) is 0 Å². The van der Waals surface area contributed by atoms with Gasteiger partial charge in [0.1, 0.15) is 5.58 Å². The molecule has 0 bridgehead atoms. The van der Waals surface area contributed by atoms with Crippen LogP contribution in [0.25, 0.3) is 22.6 Å². The van der Waals surface area contributed by atoms with Gasteiger partial charge in [-0.1, -0.05) is 18.2 Å². The second-order valence-corrected chi connectivity index (χ2v) is 4.70. The van der Waals surface area contributed by atoms with Crippen LogP contribution in [-0.4, -0.2) is 21.0 Å². The van der Waals surface area contributed by atoms with E-state index >= 15 is 0 Å². The van der Waals surface area contributed by atoms with E-state index in [1.807, 2.05) is 24.3 Å². The molecular formula is C15H12N2O4. The van der Waals surface area contributed by atoms with Crippen LogP contribution in [0.15, 0.2) is 39.5 Å². The van der Waals surface area contributed by atoms with Crippen molar-refractivity contribution >= 4 is 16.9 Å². The van der Waals surface area contributed by atoms with E-state index in [0.717, 1.165) is 5.39 Å². The van der Waals surface area contributed by atoms with Gasteiger partial charge in [-0.25, -0.2) is 4.98 Å². The molecule has 106 valence electrons. The minimum absolute atomic E-state index is 0.155. The van der Waals surface area contributed by atoms with Crippen LogP contribution < -0.4 is 5.56 Å². The first-order valence-corrected chi connectivity index (χ1v) is 6.35. The Hall–Kier alpha value is -2.89. The summed E-state index contributed by atoms with van der Waals surface area (Å²) in [6, 6.07) is 9.24. The van der Waals surface area contributed by atoms with Crippen molar-refractivity contribution in [1.82, 2.24) is 9.97 Å². The lowest BCUT2D eigenvalue weighted by Gasteiger charge is -2.03. The maximum absolute atomic E-state index is 12.0. The van der Waals surface area contributed by atoms with E-state index in [1.165, 1.54) is 0 Å². The third kappa shape index (κ3) is 2.43. The molecule has 0 atom stereocenters. The van der Waals surface area contributed by atoms with Gasteiger partial charge in [0, 0.05) is 16.6 Å². The molecule has 6 nitrogen and oxygen atoms in total. The highest BCUT2D eigenvalue weighted by molar-refractivity contribution is 5.81. The van der Waals surface area contributed by atoms with Crippen LogP contribution in [-0.2, 0) is 11.2 Å². The number of rotatable bonds is 3. The Bertz CT molecular complexity index is 859. The van der Waals surface area contributed by atoms with Crippen LogP contribution in [0.1, 0.15) is 11.3 Å². The summed E-state index contributed by atoms with van der Waals surface area (Å²) in [4.78, 5) is 29.5. The molecular weight excluding hydrogens is 272 g/mol. The lowest BCUT2D eigenvalue weighted by atomic mass is 10.1. The first-order valence-electron chi connectivity index (χ1n) is 6.35. The largest absolute Gasteiger partial charge is 0.481 e. The molecule has 0 radical (unpaired) electrons. The Labute approximate surface area is 119 Å². The standard InChI is InChI=1S/C15H12N2O4/c1-8-10(7-13(18)19)15(20)17-14(16-8)12-6-9-4-2-3-5-11(9)21-12/h2-6H,7H2,1H3,(H,18,19)(H,16,17,20). The second-order valence-electron chi connectivity index (χ2n) is 4.70. The van der Waals surface area contributed by atoms with Crippen molar-refractivity contribution in [2.75, 3.05) is 0 Å². The summed E-state index contributed by atoms with van der Waals surface area (Å²) >= 11 is 0. The Morgan fingerprint density at radius 1 is 1.38 bits per heavy atom. The van der Waals surface area contributed by atoms with E-state index in [1.54, 1.807) is 13.0 Å². The van der Waals surface area contributed by atoms with Crippen molar-refractivity contribution in [2.45, 2.75) is 13.3 Å². The maximum atomic E-state index is 12.0. The number of furan rings is 1. The van der Waals surface area contributed by atoms with Gasteiger partial charge < -0.3 is 14.5 Å². The van der Waals surface area contributed by atoms with Crippen molar-refractivity contribution < 1.29 is 14.3 Å². The summed E-state index contributed by atoms with van der Waals surface area (Å²) in [5.41, 5.74) is 0.779. The zero-order valence-electron chi connectivity index (χ0n) is 11.2. The molecule has 21 heavy (non-hydrogen) atoms. The van der Waals surface area contributed by atoms with Crippen molar-refractivity contribution in [2.24, 2.45) is 0 Å². The summed E-state index contributed by atoms with van der Waals surface area (Å²) < 4.78 is 5.64. The highest BCUT2D eigenvalue weighted by Gasteiger charge is 2.14. The normalized spacial score (nSPS) is 10.9. The van der Waals surface area contributed by atoms with Crippen LogP contribution in [0, 0.1) is 6.92 Å². The number of carbonyl (C=O) groups is 1. The van der Waals surface area contributed by atoms with E-state index in [0.29, 0.717) is 22.9 Å². The molecule has 2 aromatic heterocycles. The highest BCUT2D eigenvalue weighted by Crippen LogP contribution is 2.25. The molecule has 0 aliphatic heterocycles. The quantitative estimate of drug-likeness (QED) is 0.768. The zero-order valence-corrected chi connectivity index (χ0v) is 11.2. The van der Waals surface area contributed by atoms with Gasteiger partial charge >= 0.3 is 5.97 Å². The summed E-state index contributed by atoms with van der Waals surface area (Å²) in [5.74, 6) is -0.331. The number of hydrogen-bond donors (Lipinski definition) is 2. The fraction of sp³-hybridized carbons (Fsp3) is 0.133. The molecule has 6 heteroatoms. The lowest BCUT2D eigenvalue weighted by molar-refractivity contribution is -0.136. The monoisotopic (exact) mass is 284 g/mol. The number of aromatic amines is 1. The summed E-state index contributed by atoms with van der Waals surface area (Å²) in [6.45, 7) is 1.61. The first kappa shape index (κ1) is 13.1. The highest BCUT2D eigenvalue weighted by atomic mass is 16.4. The van der Waals surface area contributed by atoms with Gasteiger partial charge in [0.15, 0.2) is 11.6 Å². The van der Waals surface area contributed by atoms with Crippen molar-refractivity contribution in [3.8, 4) is 11.6 Å². The number of hydrogen-bond acceptors (Lipinski definition) is 4. The van der Waals surface area contributed by atoms with Crippen LogP contribution in [0.4, 0.5) is 0 Å². The average molecular weight is 284 g/mol. The molecule has 2 N–H and O–H groups in total. The van der Waals surface area contributed by atoms with Gasteiger partial charge in [0.25, 0.3) is 5.56 Å². The minimum Gasteiger partial charge on any atom is -0.481 e.